The summed E-state index contributed by atoms with van der Waals surface area (Å²) >= 11 is 1.69. The molecular formula is C15H25IN4OS. The maximum Gasteiger partial charge on any atom is 0.194 e. The number of rotatable bonds is 3. The maximum atomic E-state index is 5.61. The number of hydrogen-bond donors (Lipinski definition) is 1. The van der Waals surface area contributed by atoms with Gasteiger partial charge in [0.25, 0.3) is 0 Å². The number of nitrogens with zero attached hydrogens (tertiary/aromatic N) is 3. The van der Waals surface area contributed by atoms with E-state index in [9.17, 15) is 0 Å². The van der Waals surface area contributed by atoms with Crippen LogP contribution < -0.4 is 5.32 Å². The van der Waals surface area contributed by atoms with Crippen LogP contribution in [0.2, 0.25) is 0 Å². The molecule has 0 radical (unpaired) electrons. The van der Waals surface area contributed by atoms with Gasteiger partial charge < -0.3 is 15.0 Å². The number of likely N-dealkylation sites (tertiary alicyclic amines) is 1. The third-order valence-corrected chi connectivity index (χ3v) is 5.39. The lowest BCUT2D eigenvalue weighted by Crippen LogP contribution is -2.41. The fourth-order valence-corrected chi connectivity index (χ4v) is 3.84. The Hall–Kier alpha value is -0.410. The number of thiazole rings is 1. The largest absolute Gasteiger partial charge is 0.381 e. The zero-order valence-electron chi connectivity index (χ0n) is 13.3. The van der Waals surface area contributed by atoms with Crippen LogP contribution in [-0.4, -0.2) is 48.7 Å². The highest BCUT2D eigenvalue weighted by Gasteiger charge is 2.42. The van der Waals surface area contributed by atoms with E-state index in [1.165, 1.54) is 17.7 Å². The predicted octanol–water partition coefficient (Wildman–Crippen LogP) is 2.65. The summed E-state index contributed by atoms with van der Waals surface area (Å²) in [6.45, 7) is 9.78. The van der Waals surface area contributed by atoms with Gasteiger partial charge in [-0.1, -0.05) is 0 Å². The van der Waals surface area contributed by atoms with Crippen LogP contribution >= 0.6 is 35.3 Å². The Balaban J connectivity index is 0.00000176. The van der Waals surface area contributed by atoms with E-state index in [2.05, 4.69) is 29.0 Å². The fraction of sp³-hybridized carbons (Fsp3) is 0.733. The summed E-state index contributed by atoms with van der Waals surface area (Å²) < 4.78 is 5.61. The quantitative estimate of drug-likeness (QED) is 0.450. The third-order valence-electron chi connectivity index (χ3n) is 4.48. The Morgan fingerprint density at radius 2 is 2.41 bits per heavy atom. The lowest BCUT2D eigenvalue weighted by atomic mass is 9.87. The van der Waals surface area contributed by atoms with Crippen molar-refractivity contribution in [2.75, 3.05) is 32.8 Å². The van der Waals surface area contributed by atoms with E-state index in [-0.39, 0.29) is 24.0 Å². The molecule has 3 heterocycles. The molecule has 1 atom stereocenters. The number of ether oxygens (including phenoxy) is 1. The van der Waals surface area contributed by atoms with Crippen LogP contribution in [0.15, 0.2) is 10.5 Å². The van der Waals surface area contributed by atoms with Crippen LogP contribution in [-0.2, 0) is 11.3 Å². The molecule has 2 aliphatic heterocycles. The number of aromatic nitrogens is 1. The molecule has 3 rings (SSSR count). The maximum absolute atomic E-state index is 5.61. The summed E-state index contributed by atoms with van der Waals surface area (Å²) in [5.74, 6) is 1.04. The van der Waals surface area contributed by atoms with Crippen molar-refractivity contribution in [2.45, 2.75) is 33.2 Å². The Kier molecular flexibility index (Phi) is 6.46. The predicted molar refractivity (Wildman–Crippen MR) is 101 cm³/mol. The molecule has 2 saturated heterocycles. The highest BCUT2D eigenvalue weighted by molar-refractivity contribution is 14.0. The molecule has 1 N–H and O–H groups in total. The van der Waals surface area contributed by atoms with Gasteiger partial charge in [-0.05, 0) is 26.7 Å². The lowest BCUT2D eigenvalue weighted by Gasteiger charge is -2.24. The van der Waals surface area contributed by atoms with Crippen molar-refractivity contribution in [2.24, 2.45) is 10.4 Å². The molecule has 5 nitrogen and oxygen atoms in total. The molecule has 2 fully saturated rings. The Labute approximate surface area is 153 Å². The van der Waals surface area contributed by atoms with Crippen LogP contribution in [0.1, 0.15) is 30.3 Å². The molecule has 2 aliphatic rings. The monoisotopic (exact) mass is 436 g/mol. The molecule has 0 aromatic carbocycles. The molecule has 1 aromatic heterocycles. The SMILES string of the molecule is CCNC(=NCc1scnc1C)N1CCC2(CCOC2)C1.I. The first-order valence-corrected chi connectivity index (χ1v) is 8.60. The van der Waals surface area contributed by atoms with E-state index in [0.29, 0.717) is 5.41 Å². The van der Waals surface area contributed by atoms with Crippen molar-refractivity contribution >= 4 is 41.3 Å². The molecule has 7 heteroatoms. The standard InChI is InChI=1S/C15H24N4OS.HI/c1-3-16-14(17-8-13-12(2)18-11-21-13)19-6-4-15(9-19)5-7-20-10-15;/h11H,3-10H2,1-2H3,(H,16,17);1H. The highest BCUT2D eigenvalue weighted by atomic mass is 127. The van der Waals surface area contributed by atoms with Gasteiger partial charge in [0.1, 0.15) is 0 Å². The van der Waals surface area contributed by atoms with Crippen molar-refractivity contribution in [3.63, 3.8) is 0 Å². The summed E-state index contributed by atoms with van der Waals surface area (Å²) in [7, 11) is 0. The summed E-state index contributed by atoms with van der Waals surface area (Å²) in [5.41, 5.74) is 3.37. The van der Waals surface area contributed by atoms with Gasteiger partial charge in [-0.25, -0.2) is 9.98 Å². The molecule has 0 bridgehead atoms. The highest BCUT2D eigenvalue weighted by Crippen LogP contribution is 2.38. The minimum atomic E-state index is 0. The molecule has 22 heavy (non-hydrogen) atoms. The Morgan fingerprint density at radius 1 is 1.55 bits per heavy atom. The van der Waals surface area contributed by atoms with Crippen LogP contribution in [0, 0.1) is 12.3 Å². The minimum Gasteiger partial charge on any atom is -0.381 e. The van der Waals surface area contributed by atoms with E-state index in [1.54, 1.807) is 11.3 Å². The second kappa shape index (κ2) is 7.92. The molecular weight excluding hydrogens is 411 g/mol. The fourth-order valence-electron chi connectivity index (χ4n) is 3.14. The second-order valence-corrected chi connectivity index (χ2v) is 6.94. The zero-order valence-corrected chi connectivity index (χ0v) is 16.4. The van der Waals surface area contributed by atoms with Gasteiger partial charge in [-0.15, -0.1) is 35.3 Å². The average molecular weight is 436 g/mol. The number of aryl methyl sites for hydroxylation is 1. The summed E-state index contributed by atoms with van der Waals surface area (Å²) in [5, 5.41) is 3.43. The number of nitrogens with one attached hydrogen (secondary N) is 1. The zero-order chi connectivity index (χ0) is 14.7. The van der Waals surface area contributed by atoms with Crippen molar-refractivity contribution < 1.29 is 4.74 Å². The van der Waals surface area contributed by atoms with Gasteiger partial charge in [0.05, 0.1) is 24.4 Å². The van der Waals surface area contributed by atoms with Gasteiger partial charge in [0.15, 0.2) is 5.96 Å². The van der Waals surface area contributed by atoms with Crippen molar-refractivity contribution in [3.8, 4) is 0 Å². The van der Waals surface area contributed by atoms with Crippen LogP contribution in [0.25, 0.3) is 0 Å². The molecule has 0 aliphatic carbocycles. The van der Waals surface area contributed by atoms with E-state index in [1.807, 2.05) is 5.51 Å². The first-order valence-electron chi connectivity index (χ1n) is 7.72. The number of halogens is 1. The summed E-state index contributed by atoms with van der Waals surface area (Å²) in [6.07, 6.45) is 2.41. The van der Waals surface area contributed by atoms with Gasteiger partial charge in [0, 0.05) is 36.5 Å². The van der Waals surface area contributed by atoms with Crippen molar-refractivity contribution in [1.29, 1.82) is 0 Å². The normalized spacial score (nSPS) is 24.8. The number of aliphatic imine (C=N–C) groups is 1. The molecule has 1 unspecified atom stereocenters. The molecule has 0 amide bonds. The minimum absolute atomic E-state index is 0. The van der Waals surface area contributed by atoms with Gasteiger partial charge >= 0.3 is 0 Å². The van der Waals surface area contributed by atoms with E-state index in [0.717, 1.165) is 51.0 Å². The average Bonchev–Trinajstić information content (AvgIpc) is 3.19. The van der Waals surface area contributed by atoms with Crippen molar-refractivity contribution in [3.05, 3.63) is 16.1 Å². The molecule has 124 valence electrons. The lowest BCUT2D eigenvalue weighted by molar-refractivity contribution is 0.156. The smallest absolute Gasteiger partial charge is 0.194 e. The number of hydrogen-bond acceptors (Lipinski definition) is 4. The molecule has 1 aromatic rings. The van der Waals surface area contributed by atoms with Gasteiger partial charge in [0.2, 0.25) is 0 Å². The van der Waals surface area contributed by atoms with Crippen LogP contribution in [0.3, 0.4) is 0 Å². The summed E-state index contributed by atoms with van der Waals surface area (Å²) in [4.78, 5) is 12.8. The van der Waals surface area contributed by atoms with Gasteiger partial charge in [-0.3, -0.25) is 0 Å². The van der Waals surface area contributed by atoms with E-state index < -0.39 is 0 Å². The van der Waals surface area contributed by atoms with Crippen LogP contribution in [0.5, 0.6) is 0 Å². The molecule has 0 saturated carbocycles. The number of guanidine groups is 1. The Morgan fingerprint density at radius 3 is 3.05 bits per heavy atom. The first-order chi connectivity index (χ1) is 10.2. The topological polar surface area (TPSA) is 49.8 Å². The summed E-state index contributed by atoms with van der Waals surface area (Å²) in [6, 6.07) is 0. The van der Waals surface area contributed by atoms with Crippen LogP contribution in [0.4, 0.5) is 0 Å². The van der Waals surface area contributed by atoms with Gasteiger partial charge in [-0.2, -0.15) is 0 Å². The second-order valence-electron chi connectivity index (χ2n) is 6.01. The van der Waals surface area contributed by atoms with E-state index >= 15 is 0 Å². The molecule has 1 spiro atoms. The third kappa shape index (κ3) is 3.91. The first kappa shape index (κ1) is 17.9. The van der Waals surface area contributed by atoms with Crippen molar-refractivity contribution in [1.82, 2.24) is 15.2 Å². The van der Waals surface area contributed by atoms with E-state index in [4.69, 9.17) is 9.73 Å². The Bertz CT molecular complexity index is 513.